The second-order valence-electron chi connectivity index (χ2n) is 6.14. The third-order valence-corrected chi connectivity index (χ3v) is 5.28. The number of rotatable bonds is 5. The number of nitrogen functional groups attached to an aromatic ring is 1. The number of carbonyl (C=O) groups excluding carboxylic acids is 2. The molecule has 7 nitrogen and oxygen atoms in total. The van der Waals surface area contributed by atoms with Crippen molar-refractivity contribution in [3.8, 4) is 0 Å². The van der Waals surface area contributed by atoms with Crippen molar-refractivity contribution in [3.05, 3.63) is 46.6 Å². The second kappa shape index (κ2) is 8.68. The molecule has 0 saturated heterocycles. The summed E-state index contributed by atoms with van der Waals surface area (Å²) in [6, 6.07) is 3.67. The van der Waals surface area contributed by atoms with E-state index in [0.29, 0.717) is 36.8 Å². The molecular formula is C19H22N4O3S. The van der Waals surface area contributed by atoms with Crippen LogP contribution in [0.3, 0.4) is 0 Å². The van der Waals surface area contributed by atoms with E-state index in [-0.39, 0.29) is 12.0 Å². The van der Waals surface area contributed by atoms with E-state index in [4.69, 9.17) is 10.5 Å². The third-order valence-electron chi connectivity index (χ3n) is 4.13. The van der Waals surface area contributed by atoms with Crippen LogP contribution in [0.4, 0.5) is 15.5 Å². The number of hydrogen-bond acceptors (Lipinski definition) is 6. The van der Waals surface area contributed by atoms with E-state index in [1.165, 1.54) is 17.4 Å². The molecule has 0 aliphatic carbocycles. The molecule has 0 unspecified atom stereocenters. The molecule has 8 heteroatoms. The number of pyridine rings is 1. The van der Waals surface area contributed by atoms with E-state index >= 15 is 0 Å². The minimum Gasteiger partial charge on any atom is -0.449 e. The van der Waals surface area contributed by atoms with Crippen molar-refractivity contribution in [3.63, 3.8) is 0 Å². The highest BCUT2D eigenvalue weighted by atomic mass is 32.1. The molecule has 27 heavy (non-hydrogen) atoms. The Bertz CT molecular complexity index is 848. The highest BCUT2D eigenvalue weighted by molar-refractivity contribution is 7.17. The Morgan fingerprint density at radius 2 is 2.33 bits per heavy atom. The number of hydrogen-bond donors (Lipinski definition) is 2. The highest BCUT2D eigenvalue weighted by Gasteiger charge is 2.26. The standard InChI is InChI=1S/C19H22N4O3S/c1-2-10-26-19(25)23-9-7-14-15(12-23)27-18(17(14)20)22-16(24)6-5-13-4-3-8-21-11-13/h3-6,8,11H,2,7,9-10,12,20H2,1H3,(H,22,24)/b6-5+. The van der Waals surface area contributed by atoms with Crippen LogP contribution in [0.1, 0.15) is 29.3 Å². The van der Waals surface area contributed by atoms with Crippen LogP contribution in [0.5, 0.6) is 0 Å². The van der Waals surface area contributed by atoms with Crippen molar-refractivity contribution >= 4 is 40.1 Å². The summed E-state index contributed by atoms with van der Waals surface area (Å²) in [5, 5.41) is 3.44. The van der Waals surface area contributed by atoms with E-state index < -0.39 is 0 Å². The predicted molar refractivity (Wildman–Crippen MR) is 106 cm³/mol. The van der Waals surface area contributed by atoms with Crippen LogP contribution in [0, 0.1) is 0 Å². The number of nitrogens with two attached hydrogens (primary N) is 1. The first-order chi connectivity index (χ1) is 13.1. The number of fused-ring (bicyclic) bond motifs is 1. The second-order valence-corrected chi connectivity index (χ2v) is 7.25. The Balaban J connectivity index is 1.65. The van der Waals surface area contributed by atoms with Gasteiger partial charge in [-0.1, -0.05) is 13.0 Å². The Labute approximate surface area is 161 Å². The van der Waals surface area contributed by atoms with Gasteiger partial charge in [0.25, 0.3) is 0 Å². The van der Waals surface area contributed by atoms with E-state index in [1.54, 1.807) is 29.4 Å². The molecule has 3 rings (SSSR count). The van der Waals surface area contributed by atoms with Crippen molar-refractivity contribution in [2.45, 2.75) is 26.3 Å². The fourth-order valence-electron chi connectivity index (χ4n) is 2.76. The van der Waals surface area contributed by atoms with Gasteiger partial charge < -0.3 is 20.7 Å². The van der Waals surface area contributed by atoms with Crippen molar-refractivity contribution in [2.24, 2.45) is 0 Å². The number of thiophene rings is 1. The lowest BCUT2D eigenvalue weighted by Crippen LogP contribution is -2.36. The Hall–Kier alpha value is -2.87. The predicted octanol–water partition coefficient (Wildman–Crippen LogP) is 3.28. The smallest absolute Gasteiger partial charge is 0.410 e. The molecule has 0 atom stereocenters. The first kappa shape index (κ1) is 18.9. The number of amides is 2. The Morgan fingerprint density at radius 3 is 3.07 bits per heavy atom. The summed E-state index contributed by atoms with van der Waals surface area (Å²) < 4.78 is 5.20. The van der Waals surface area contributed by atoms with Gasteiger partial charge in [-0.05, 0) is 36.1 Å². The van der Waals surface area contributed by atoms with E-state index in [2.05, 4.69) is 10.3 Å². The van der Waals surface area contributed by atoms with E-state index in [0.717, 1.165) is 22.4 Å². The quantitative estimate of drug-likeness (QED) is 0.769. The molecule has 1 aliphatic heterocycles. The SMILES string of the molecule is CCCOC(=O)N1CCc2c(sc(NC(=O)/C=C/c3cccnc3)c2N)C1. The highest BCUT2D eigenvalue weighted by Crippen LogP contribution is 2.39. The fraction of sp³-hybridized carbons (Fsp3) is 0.316. The maximum Gasteiger partial charge on any atom is 0.410 e. The molecule has 2 aromatic heterocycles. The number of carbonyl (C=O) groups is 2. The lowest BCUT2D eigenvalue weighted by molar-refractivity contribution is -0.111. The maximum atomic E-state index is 12.2. The lowest BCUT2D eigenvalue weighted by Gasteiger charge is -2.26. The molecule has 0 bridgehead atoms. The minimum absolute atomic E-state index is 0.261. The molecule has 0 fully saturated rings. The summed E-state index contributed by atoms with van der Waals surface area (Å²) in [5.41, 5.74) is 8.64. The molecule has 0 aromatic carbocycles. The van der Waals surface area contributed by atoms with Crippen molar-refractivity contribution in [1.82, 2.24) is 9.88 Å². The van der Waals surface area contributed by atoms with Crippen LogP contribution in [0.25, 0.3) is 6.08 Å². The number of aromatic nitrogens is 1. The van der Waals surface area contributed by atoms with E-state index in [9.17, 15) is 9.59 Å². The van der Waals surface area contributed by atoms with Crippen molar-refractivity contribution < 1.29 is 14.3 Å². The lowest BCUT2D eigenvalue weighted by atomic mass is 10.1. The molecule has 0 spiro atoms. The molecule has 0 radical (unpaired) electrons. The van der Waals surface area contributed by atoms with E-state index in [1.807, 2.05) is 13.0 Å². The Kier molecular flexibility index (Phi) is 6.08. The zero-order valence-corrected chi connectivity index (χ0v) is 15.9. The van der Waals surface area contributed by atoms with Crippen molar-refractivity contribution in [1.29, 1.82) is 0 Å². The number of nitrogens with zero attached hydrogens (tertiary/aromatic N) is 2. The normalized spacial score (nSPS) is 13.4. The van der Waals surface area contributed by atoms with Crippen LogP contribution >= 0.6 is 11.3 Å². The van der Waals surface area contributed by atoms with Crippen LogP contribution < -0.4 is 11.1 Å². The molecule has 0 saturated carbocycles. The van der Waals surface area contributed by atoms with Gasteiger partial charge in [0, 0.05) is 29.9 Å². The van der Waals surface area contributed by atoms with Gasteiger partial charge in [0.2, 0.25) is 5.91 Å². The summed E-state index contributed by atoms with van der Waals surface area (Å²) >= 11 is 1.40. The first-order valence-electron chi connectivity index (χ1n) is 8.79. The summed E-state index contributed by atoms with van der Waals surface area (Å²) in [4.78, 5) is 30.9. The average Bonchev–Trinajstić information content (AvgIpc) is 3.00. The van der Waals surface area contributed by atoms with Crippen LogP contribution in [0.15, 0.2) is 30.6 Å². The molecular weight excluding hydrogens is 364 g/mol. The maximum absolute atomic E-state index is 12.2. The monoisotopic (exact) mass is 386 g/mol. The fourth-order valence-corrected chi connectivity index (χ4v) is 3.94. The van der Waals surface area contributed by atoms with Gasteiger partial charge in [0.05, 0.1) is 18.8 Å². The van der Waals surface area contributed by atoms with Crippen LogP contribution in [-0.2, 0) is 22.5 Å². The molecule has 3 N–H and O–H groups in total. The summed E-state index contributed by atoms with van der Waals surface area (Å²) in [5.74, 6) is -0.261. The van der Waals surface area contributed by atoms with Crippen LogP contribution in [-0.4, -0.2) is 35.0 Å². The van der Waals surface area contributed by atoms with Gasteiger partial charge in [-0.3, -0.25) is 9.78 Å². The molecule has 3 heterocycles. The summed E-state index contributed by atoms with van der Waals surface area (Å²) in [6.45, 7) is 3.39. The van der Waals surface area contributed by atoms with Gasteiger partial charge in [0.15, 0.2) is 0 Å². The largest absolute Gasteiger partial charge is 0.449 e. The Morgan fingerprint density at radius 1 is 1.48 bits per heavy atom. The van der Waals surface area contributed by atoms with Gasteiger partial charge in [0.1, 0.15) is 5.00 Å². The van der Waals surface area contributed by atoms with Gasteiger partial charge in [-0.15, -0.1) is 11.3 Å². The molecule has 1 aliphatic rings. The zero-order valence-electron chi connectivity index (χ0n) is 15.1. The first-order valence-corrected chi connectivity index (χ1v) is 9.61. The number of ether oxygens (including phenoxy) is 1. The molecule has 142 valence electrons. The van der Waals surface area contributed by atoms with Crippen molar-refractivity contribution in [2.75, 3.05) is 24.2 Å². The minimum atomic E-state index is -0.306. The van der Waals surface area contributed by atoms with Crippen LogP contribution in [0.2, 0.25) is 0 Å². The third kappa shape index (κ3) is 4.65. The summed E-state index contributed by atoms with van der Waals surface area (Å²) in [7, 11) is 0. The number of nitrogens with one attached hydrogen (secondary N) is 1. The topological polar surface area (TPSA) is 97.5 Å². The summed E-state index contributed by atoms with van der Waals surface area (Å²) in [6.07, 6.45) is 7.63. The molecule has 2 amide bonds. The van der Waals surface area contributed by atoms with Gasteiger partial charge in [-0.25, -0.2) is 4.79 Å². The molecule has 2 aromatic rings. The zero-order chi connectivity index (χ0) is 19.2. The van der Waals surface area contributed by atoms with Gasteiger partial charge in [-0.2, -0.15) is 0 Å². The van der Waals surface area contributed by atoms with Gasteiger partial charge >= 0.3 is 6.09 Å². The average molecular weight is 386 g/mol. The number of anilines is 2.